The molecule has 1 aromatic heterocycles. The Morgan fingerprint density at radius 1 is 1.38 bits per heavy atom. The van der Waals surface area contributed by atoms with Gasteiger partial charge in [0.1, 0.15) is 17.0 Å². The van der Waals surface area contributed by atoms with Crippen molar-refractivity contribution in [2.75, 3.05) is 11.9 Å². The Balaban J connectivity index is 2.16. The van der Waals surface area contributed by atoms with Gasteiger partial charge in [0.05, 0.1) is 10.6 Å². The molecule has 0 saturated heterocycles. The summed E-state index contributed by atoms with van der Waals surface area (Å²) in [6, 6.07) is 9.92. The molecule has 5 nitrogen and oxygen atoms in total. The first-order valence-corrected chi connectivity index (χ1v) is 6.58. The van der Waals surface area contributed by atoms with Gasteiger partial charge in [-0.05, 0) is 18.2 Å². The summed E-state index contributed by atoms with van der Waals surface area (Å²) in [5, 5.41) is 11.5. The van der Waals surface area contributed by atoms with Gasteiger partial charge in [-0.2, -0.15) is 5.26 Å². The lowest BCUT2D eigenvalue weighted by atomic mass is 10.2. The van der Waals surface area contributed by atoms with Crippen molar-refractivity contribution >= 4 is 34.8 Å². The second kappa shape index (κ2) is 6.93. The van der Waals surface area contributed by atoms with Crippen LogP contribution in [0.1, 0.15) is 10.4 Å². The van der Waals surface area contributed by atoms with Gasteiger partial charge in [-0.1, -0.05) is 29.3 Å². The number of nitrogens with zero attached hydrogens (tertiary/aromatic N) is 2. The van der Waals surface area contributed by atoms with E-state index in [4.69, 9.17) is 33.2 Å². The molecule has 2 rings (SSSR count). The lowest BCUT2D eigenvalue weighted by Gasteiger charge is -2.08. The predicted molar refractivity (Wildman–Crippen MR) is 79.8 cm³/mol. The van der Waals surface area contributed by atoms with Crippen molar-refractivity contribution in [2.45, 2.75) is 0 Å². The lowest BCUT2D eigenvalue weighted by Crippen LogP contribution is -2.12. The number of rotatable bonds is 4. The molecule has 0 fully saturated rings. The highest BCUT2D eigenvalue weighted by Gasteiger charge is 2.12. The molecule has 1 heterocycles. The van der Waals surface area contributed by atoms with Crippen molar-refractivity contribution < 1.29 is 9.53 Å². The zero-order chi connectivity index (χ0) is 15.2. The summed E-state index contributed by atoms with van der Waals surface area (Å²) in [6.45, 7) is -0.0663. The van der Waals surface area contributed by atoms with Gasteiger partial charge in [-0.15, -0.1) is 0 Å². The van der Waals surface area contributed by atoms with Gasteiger partial charge in [-0.3, -0.25) is 4.79 Å². The number of anilines is 1. The third kappa shape index (κ3) is 4.09. The molecule has 1 amide bonds. The van der Waals surface area contributed by atoms with E-state index < -0.39 is 5.91 Å². The Morgan fingerprint density at radius 2 is 2.19 bits per heavy atom. The van der Waals surface area contributed by atoms with Crippen LogP contribution in [-0.2, 0) is 0 Å². The highest BCUT2D eigenvalue weighted by atomic mass is 35.5. The van der Waals surface area contributed by atoms with Gasteiger partial charge in [0.2, 0.25) is 0 Å². The first-order chi connectivity index (χ1) is 10.1. The number of aromatic nitrogens is 1. The first kappa shape index (κ1) is 15.1. The number of carbonyl (C=O) groups is 1. The van der Waals surface area contributed by atoms with Gasteiger partial charge >= 0.3 is 0 Å². The van der Waals surface area contributed by atoms with E-state index in [1.165, 1.54) is 12.3 Å². The molecule has 1 aromatic carbocycles. The number of hydrogen-bond donors (Lipinski definition) is 1. The number of nitrogens with one attached hydrogen (secondary N) is 1. The fourth-order valence-electron chi connectivity index (χ4n) is 1.56. The standard InChI is InChI=1S/C14H9Cl2N3O2/c15-12-8-18-13(16)7-11(12)14(20)19-9-2-1-3-10(6-9)21-5-4-17/h1-3,6-8H,5H2,(H,19,20). The number of halogens is 2. The van der Waals surface area contributed by atoms with E-state index in [2.05, 4.69) is 10.3 Å². The fourth-order valence-corrected chi connectivity index (χ4v) is 1.91. The fraction of sp³-hybridized carbons (Fsp3) is 0.0714. The van der Waals surface area contributed by atoms with E-state index in [1.54, 1.807) is 24.3 Å². The number of pyridine rings is 1. The van der Waals surface area contributed by atoms with E-state index in [-0.39, 0.29) is 22.3 Å². The van der Waals surface area contributed by atoms with Crippen LogP contribution in [-0.4, -0.2) is 17.5 Å². The molecule has 0 radical (unpaired) electrons. The smallest absolute Gasteiger partial charge is 0.257 e. The number of carbonyl (C=O) groups excluding carboxylic acids is 1. The van der Waals surface area contributed by atoms with E-state index in [0.717, 1.165) is 0 Å². The number of benzene rings is 1. The lowest BCUT2D eigenvalue weighted by molar-refractivity contribution is 0.102. The minimum atomic E-state index is -0.415. The van der Waals surface area contributed by atoms with Crippen molar-refractivity contribution in [3.8, 4) is 11.8 Å². The molecular formula is C14H9Cl2N3O2. The highest BCUT2D eigenvalue weighted by Crippen LogP contribution is 2.21. The molecule has 1 N–H and O–H groups in total. The average molecular weight is 322 g/mol. The molecule has 7 heteroatoms. The molecule has 21 heavy (non-hydrogen) atoms. The van der Waals surface area contributed by atoms with Crippen molar-refractivity contribution in [2.24, 2.45) is 0 Å². The summed E-state index contributed by atoms with van der Waals surface area (Å²) in [5.41, 5.74) is 0.736. The van der Waals surface area contributed by atoms with Crippen LogP contribution >= 0.6 is 23.2 Å². The molecule has 0 spiro atoms. The highest BCUT2D eigenvalue weighted by molar-refractivity contribution is 6.35. The third-order valence-corrected chi connectivity index (χ3v) is 2.97. The van der Waals surface area contributed by atoms with Crippen molar-refractivity contribution in [3.63, 3.8) is 0 Å². The normalized spacial score (nSPS) is 9.76. The number of ether oxygens (including phenoxy) is 1. The summed E-state index contributed by atoms with van der Waals surface area (Å²) in [7, 11) is 0. The topological polar surface area (TPSA) is 75.0 Å². The van der Waals surface area contributed by atoms with Crippen LogP contribution in [0.5, 0.6) is 5.75 Å². The largest absolute Gasteiger partial charge is 0.479 e. The minimum Gasteiger partial charge on any atom is -0.479 e. The second-order valence-corrected chi connectivity index (χ2v) is 4.71. The number of nitriles is 1. The number of amides is 1. The summed E-state index contributed by atoms with van der Waals surface area (Å²) in [6.07, 6.45) is 1.31. The molecule has 0 aliphatic carbocycles. The van der Waals surface area contributed by atoms with Crippen molar-refractivity contribution in [1.82, 2.24) is 4.98 Å². The maximum absolute atomic E-state index is 12.1. The first-order valence-electron chi connectivity index (χ1n) is 5.82. The zero-order valence-electron chi connectivity index (χ0n) is 10.6. The van der Waals surface area contributed by atoms with Crippen LogP contribution in [0.15, 0.2) is 36.5 Å². The quantitative estimate of drug-likeness (QED) is 0.874. The van der Waals surface area contributed by atoms with E-state index in [1.807, 2.05) is 6.07 Å². The van der Waals surface area contributed by atoms with Crippen LogP contribution in [0.3, 0.4) is 0 Å². The van der Waals surface area contributed by atoms with Crippen molar-refractivity contribution in [1.29, 1.82) is 5.26 Å². The molecule has 0 bridgehead atoms. The van der Waals surface area contributed by atoms with Crippen LogP contribution in [0.25, 0.3) is 0 Å². The molecule has 0 atom stereocenters. The maximum atomic E-state index is 12.1. The van der Waals surface area contributed by atoms with Crippen LogP contribution in [0, 0.1) is 11.3 Å². The summed E-state index contributed by atoms with van der Waals surface area (Å²) < 4.78 is 5.16. The van der Waals surface area contributed by atoms with Crippen LogP contribution in [0.2, 0.25) is 10.2 Å². The summed E-state index contributed by atoms with van der Waals surface area (Å²) in [4.78, 5) is 15.9. The van der Waals surface area contributed by atoms with Crippen molar-refractivity contribution in [3.05, 3.63) is 52.3 Å². The van der Waals surface area contributed by atoms with E-state index in [9.17, 15) is 4.79 Å². The number of hydrogen-bond acceptors (Lipinski definition) is 4. The molecule has 0 aliphatic rings. The van der Waals surface area contributed by atoms with Gasteiger partial charge in [0.25, 0.3) is 5.91 Å². The molecule has 106 valence electrons. The second-order valence-electron chi connectivity index (χ2n) is 3.92. The molecule has 0 saturated carbocycles. The third-order valence-electron chi connectivity index (χ3n) is 2.46. The average Bonchev–Trinajstić information content (AvgIpc) is 2.48. The Labute approximate surface area is 131 Å². The Kier molecular flexibility index (Phi) is 4.99. The zero-order valence-corrected chi connectivity index (χ0v) is 12.1. The van der Waals surface area contributed by atoms with Crippen LogP contribution in [0.4, 0.5) is 5.69 Å². The monoisotopic (exact) mass is 321 g/mol. The molecule has 2 aromatic rings. The molecule has 0 aliphatic heterocycles. The Morgan fingerprint density at radius 3 is 2.95 bits per heavy atom. The van der Waals surface area contributed by atoms with Gasteiger partial charge < -0.3 is 10.1 Å². The molecule has 0 unspecified atom stereocenters. The minimum absolute atomic E-state index is 0.0663. The molecular weight excluding hydrogens is 313 g/mol. The SMILES string of the molecule is N#CCOc1cccc(NC(=O)c2cc(Cl)ncc2Cl)c1. The van der Waals surface area contributed by atoms with Gasteiger partial charge in [0, 0.05) is 18.0 Å². The van der Waals surface area contributed by atoms with Crippen LogP contribution < -0.4 is 10.1 Å². The van der Waals surface area contributed by atoms with E-state index >= 15 is 0 Å². The summed E-state index contributed by atoms with van der Waals surface area (Å²) >= 11 is 11.7. The summed E-state index contributed by atoms with van der Waals surface area (Å²) in [5.74, 6) is 0.0648. The van der Waals surface area contributed by atoms with Gasteiger partial charge in [-0.25, -0.2) is 4.98 Å². The predicted octanol–water partition coefficient (Wildman–Crippen LogP) is 3.54. The van der Waals surface area contributed by atoms with E-state index in [0.29, 0.717) is 11.4 Å². The maximum Gasteiger partial charge on any atom is 0.257 e. The van der Waals surface area contributed by atoms with Gasteiger partial charge in [0.15, 0.2) is 6.61 Å². The Bertz CT molecular complexity index is 714. The Hall–Kier alpha value is -2.29.